The van der Waals surface area contributed by atoms with Crippen molar-refractivity contribution in [1.82, 2.24) is 10.2 Å². The number of hydrogen-bond acceptors (Lipinski definition) is 3. The Balaban J connectivity index is 1.69. The smallest absolute Gasteiger partial charge is 0.236 e. The lowest BCUT2D eigenvalue weighted by atomic mass is 9.79. The molecule has 1 saturated heterocycles. The Labute approximate surface area is 116 Å². The van der Waals surface area contributed by atoms with Gasteiger partial charge in [-0.3, -0.25) is 4.79 Å². The molecule has 1 aliphatic heterocycles. The summed E-state index contributed by atoms with van der Waals surface area (Å²) in [5, 5.41) is 13.6. The van der Waals surface area contributed by atoms with Crippen LogP contribution in [-0.4, -0.2) is 47.7 Å². The molecule has 0 radical (unpaired) electrons. The first-order valence-electron chi connectivity index (χ1n) is 7.80. The lowest BCUT2D eigenvalue weighted by molar-refractivity contribution is -0.131. The molecule has 2 N–H and O–H groups in total. The highest BCUT2D eigenvalue weighted by Crippen LogP contribution is 2.31. The maximum Gasteiger partial charge on any atom is 0.236 e. The van der Waals surface area contributed by atoms with E-state index in [1.165, 1.54) is 12.8 Å². The van der Waals surface area contributed by atoms with E-state index in [1.54, 1.807) is 0 Å². The van der Waals surface area contributed by atoms with Gasteiger partial charge < -0.3 is 15.3 Å². The molecule has 0 aromatic rings. The highest BCUT2D eigenvalue weighted by molar-refractivity contribution is 5.78. The number of piperidine rings is 1. The van der Waals surface area contributed by atoms with Gasteiger partial charge in [0.2, 0.25) is 5.91 Å². The Hall–Kier alpha value is -0.610. The summed E-state index contributed by atoms with van der Waals surface area (Å²) in [5.74, 6) is 0.783. The molecule has 2 aliphatic rings. The minimum absolute atomic E-state index is 0.187. The summed E-state index contributed by atoms with van der Waals surface area (Å²) in [6.07, 6.45) is 7.55. The van der Waals surface area contributed by atoms with Crippen LogP contribution in [0.4, 0.5) is 0 Å². The fourth-order valence-electron chi connectivity index (χ4n) is 3.45. The molecule has 1 saturated carbocycles. The first-order valence-corrected chi connectivity index (χ1v) is 7.80. The summed E-state index contributed by atoms with van der Waals surface area (Å²) in [7, 11) is 0. The maximum absolute atomic E-state index is 12.0. The van der Waals surface area contributed by atoms with Gasteiger partial charge in [0, 0.05) is 19.6 Å². The zero-order valence-electron chi connectivity index (χ0n) is 12.2. The summed E-state index contributed by atoms with van der Waals surface area (Å²) in [5.41, 5.74) is -0.597. The van der Waals surface area contributed by atoms with Gasteiger partial charge in [0.15, 0.2) is 0 Å². The van der Waals surface area contributed by atoms with Gasteiger partial charge in [-0.25, -0.2) is 0 Å². The Morgan fingerprint density at radius 2 is 2.05 bits per heavy atom. The van der Waals surface area contributed by atoms with Gasteiger partial charge >= 0.3 is 0 Å². The summed E-state index contributed by atoms with van der Waals surface area (Å²) in [6, 6.07) is 0. The van der Waals surface area contributed by atoms with Crippen LogP contribution in [0.15, 0.2) is 0 Å². The molecule has 0 spiro atoms. The molecule has 1 heterocycles. The van der Waals surface area contributed by atoms with Crippen molar-refractivity contribution in [3.8, 4) is 0 Å². The number of nitrogens with one attached hydrogen (secondary N) is 1. The predicted octanol–water partition coefficient (Wildman–Crippen LogP) is 1.53. The summed E-state index contributed by atoms with van der Waals surface area (Å²) < 4.78 is 0. The van der Waals surface area contributed by atoms with Gasteiger partial charge in [0.1, 0.15) is 0 Å². The maximum atomic E-state index is 12.0. The topological polar surface area (TPSA) is 52.6 Å². The zero-order valence-corrected chi connectivity index (χ0v) is 12.2. The summed E-state index contributed by atoms with van der Waals surface area (Å²) >= 11 is 0. The van der Waals surface area contributed by atoms with Gasteiger partial charge in [0.05, 0.1) is 12.1 Å². The van der Waals surface area contributed by atoms with Crippen LogP contribution in [0, 0.1) is 5.92 Å². The van der Waals surface area contributed by atoms with E-state index in [9.17, 15) is 9.90 Å². The second-order valence-electron chi connectivity index (χ2n) is 6.47. The van der Waals surface area contributed by atoms with Crippen molar-refractivity contribution >= 4 is 5.91 Å². The average molecular weight is 268 g/mol. The molecule has 1 aliphatic carbocycles. The SMILES string of the molecule is CC1CCCC(O)(CNCC(=O)N2CCCCC2)C1. The lowest BCUT2D eigenvalue weighted by Crippen LogP contribution is -2.47. The zero-order chi connectivity index (χ0) is 13.7. The average Bonchev–Trinajstić information content (AvgIpc) is 2.39. The number of hydrogen-bond donors (Lipinski definition) is 2. The van der Waals surface area contributed by atoms with E-state index in [2.05, 4.69) is 12.2 Å². The summed E-state index contributed by atoms with van der Waals surface area (Å²) in [6.45, 7) is 4.93. The Morgan fingerprint density at radius 1 is 1.32 bits per heavy atom. The molecule has 1 amide bonds. The molecule has 2 atom stereocenters. The Morgan fingerprint density at radius 3 is 2.74 bits per heavy atom. The molecule has 2 rings (SSSR count). The molecule has 2 fully saturated rings. The van der Waals surface area contributed by atoms with Crippen LogP contribution in [0.1, 0.15) is 51.9 Å². The van der Waals surface area contributed by atoms with Crippen molar-refractivity contribution in [2.24, 2.45) is 5.92 Å². The van der Waals surface area contributed by atoms with Crippen molar-refractivity contribution in [2.45, 2.75) is 57.5 Å². The fraction of sp³-hybridized carbons (Fsp3) is 0.933. The van der Waals surface area contributed by atoms with Gasteiger partial charge in [-0.15, -0.1) is 0 Å². The minimum Gasteiger partial charge on any atom is -0.389 e. The summed E-state index contributed by atoms with van der Waals surface area (Å²) in [4.78, 5) is 13.9. The molecular weight excluding hydrogens is 240 g/mol. The third-order valence-corrected chi connectivity index (χ3v) is 4.51. The van der Waals surface area contributed by atoms with Gasteiger partial charge in [-0.05, 0) is 38.0 Å². The van der Waals surface area contributed by atoms with Gasteiger partial charge in [0.25, 0.3) is 0 Å². The Bertz CT molecular complexity index is 303. The number of likely N-dealkylation sites (tertiary alicyclic amines) is 1. The van der Waals surface area contributed by atoms with Crippen molar-refractivity contribution in [2.75, 3.05) is 26.2 Å². The van der Waals surface area contributed by atoms with E-state index in [1.807, 2.05) is 4.90 Å². The largest absolute Gasteiger partial charge is 0.389 e. The van der Waals surface area contributed by atoms with Gasteiger partial charge in [-0.2, -0.15) is 0 Å². The molecule has 0 aromatic heterocycles. The quantitative estimate of drug-likeness (QED) is 0.813. The number of amides is 1. The minimum atomic E-state index is -0.597. The second-order valence-corrected chi connectivity index (χ2v) is 6.47. The van der Waals surface area contributed by atoms with Crippen molar-refractivity contribution in [1.29, 1.82) is 0 Å². The van der Waals surface area contributed by atoms with E-state index in [-0.39, 0.29) is 5.91 Å². The molecule has 0 bridgehead atoms. The first-order chi connectivity index (χ1) is 9.09. The van der Waals surface area contributed by atoms with Crippen molar-refractivity contribution < 1.29 is 9.90 Å². The molecular formula is C15H28N2O2. The fourth-order valence-corrected chi connectivity index (χ4v) is 3.45. The van der Waals surface area contributed by atoms with Crippen LogP contribution < -0.4 is 5.32 Å². The third kappa shape index (κ3) is 4.46. The molecule has 4 heteroatoms. The van der Waals surface area contributed by atoms with E-state index >= 15 is 0 Å². The predicted molar refractivity (Wildman–Crippen MR) is 75.9 cm³/mol. The number of carbonyl (C=O) groups is 1. The highest BCUT2D eigenvalue weighted by atomic mass is 16.3. The van der Waals surface area contributed by atoms with Gasteiger partial charge in [-0.1, -0.05) is 19.8 Å². The van der Waals surface area contributed by atoms with E-state index < -0.39 is 5.60 Å². The monoisotopic (exact) mass is 268 g/mol. The van der Waals surface area contributed by atoms with Crippen LogP contribution in [0.25, 0.3) is 0 Å². The third-order valence-electron chi connectivity index (χ3n) is 4.51. The molecule has 2 unspecified atom stereocenters. The van der Waals surface area contributed by atoms with Crippen molar-refractivity contribution in [3.05, 3.63) is 0 Å². The van der Waals surface area contributed by atoms with Crippen LogP contribution in [-0.2, 0) is 4.79 Å². The standard InChI is InChI=1S/C15H28N2O2/c1-13-6-5-7-15(19,10-13)12-16-11-14(18)17-8-3-2-4-9-17/h13,16,19H,2-12H2,1H3. The van der Waals surface area contributed by atoms with Crippen molar-refractivity contribution in [3.63, 3.8) is 0 Å². The van der Waals surface area contributed by atoms with Crippen LogP contribution in [0.5, 0.6) is 0 Å². The van der Waals surface area contributed by atoms with E-state index in [0.29, 0.717) is 19.0 Å². The molecule has 0 aromatic carbocycles. The number of aliphatic hydroxyl groups is 1. The molecule has 110 valence electrons. The number of nitrogens with zero attached hydrogens (tertiary/aromatic N) is 1. The number of rotatable bonds is 4. The first kappa shape index (κ1) is 14.8. The normalized spacial score (nSPS) is 32.3. The van der Waals surface area contributed by atoms with Crippen LogP contribution in [0.2, 0.25) is 0 Å². The van der Waals surface area contributed by atoms with E-state index in [0.717, 1.165) is 45.2 Å². The second kappa shape index (κ2) is 6.71. The molecule has 19 heavy (non-hydrogen) atoms. The molecule has 4 nitrogen and oxygen atoms in total. The highest BCUT2D eigenvalue weighted by Gasteiger charge is 2.32. The Kier molecular flexibility index (Phi) is 5.22. The lowest BCUT2D eigenvalue weighted by Gasteiger charge is -2.36. The number of carbonyl (C=O) groups excluding carboxylic acids is 1. The van der Waals surface area contributed by atoms with E-state index in [4.69, 9.17) is 0 Å². The van der Waals surface area contributed by atoms with Crippen LogP contribution in [0.3, 0.4) is 0 Å². The van der Waals surface area contributed by atoms with Crippen LogP contribution >= 0.6 is 0 Å².